The van der Waals surface area contributed by atoms with Crippen LogP contribution in [0.5, 0.6) is 34.5 Å². The summed E-state index contributed by atoms with van der Waals surface area (Å²) in [5, 5.41) is 3.68. The largest absolute Gasteiger partial charge is 0.497 e. The molecule has 0 saturated carbocycles. The molecule has 0 atom stereocenters. The van der Waals surface area contributed by atoms with Gasteiger partial charge in [0.25, 0.3) is 5.91 Å². The number of carbonyl (C=O) groups excluding carboxylic acids is 1. The van der Waals surface area contributed by atoms with E-state index in [0.717, 1.165) is 11.1 Å². The van der Waals surface area contributed by atoms with Crippen LogP contribution in [0.2, 0.25) is 0 Å². The molecule has 0 unspecified atom stereocenters. The van der Waals surface area contributed by atoms with Gasteiger partial charge in [-0.3, -0.25) is 4.79 Å². The molecule has 1 aromatic heterocycles. The zero-order valence-corrected chi connectivity index (χ0v) is 18.7. The van der Waals surface area contributed by atoms with E-state index in [0.29, 0.717) is 45.6 Å². The summed E-state index contributed by atoms with van der Waals surface area (Å²) >= 11 is 0. The molecule has 170 valence electrons. The minimum atomic E-state index is -0.312. The Balaban J connectivity index is 1.58. The van der Waals surface area contributed by atoms with E-state index in [1.165, 1.54) is 0 Å². The molecule has 1 heterocycles. The van der Waals surface area contributed by atoms with Crippen molar-refractivity contribution in [1.29, 1.82) is 0 Å². The Morgan fingerprint density at radius 1 is 0.697 bits per heavy atom. The van der Waals surface area contributed by atoms with Crippen LogP contribution in [0, 0.1) is 0 Å². The smallest absolute Gasteiger partial charge is 0.272 e. The minimum Gasteiger partial charge on any atom is -0.497 e. The molecular formula is C25H24N2O6. The van der Waals surface area contributed by atoms with Crippen LogP contribution in [-0.4, -0.2) is 39.3 Å². The summed E-state index contributed by atoms with van der Waals surface area (Å²) in [4.78, 5) is 16.0. The number of aromatic nitrogens is 1. The van der Waals surface area contributed by atoms with Crippen LogP contribution in [-0.2, 0) is 0 Å². The maximum Gasteiger partial charge on any atom is 0.272 e. The normalized spacial score (nSPS) is 10.5. The van der Waals surface area contributed by atoms with Crippen molar-refractivity contribution in [3.05, 3.63) is 66.4 Å². The minimum absolute atomic E-state index is 0.312. The second-order valence-corrected chi connectivity index (χ2v) is 7.07. The summed E-state index contributed by atoms with van der Waals surface area (Å²) in [6.45, 7) is 0. The molecule has 4 aromatic rings. The molecule has 8 heteroatoms. The lowest BCUT2D eigenvalue weighted by Gasteiger charge is -2.13. The number of nitrogens with one attached hydrogen (secondary N) is 2. The fourth-order valence-corrected chi connectivity index (χ4v) is 3.39. The molecule has 1 amide bonds. The molecule has 3 aromatic carbocycles. The molecule has 0 aliphatic carbocycles. The number of benzene rings is 3. The van der Waals surface area contributed by atoms with Gasteiger partial charge in [-0.15, -0.1) is 0 Å². The number of hydrogen-bond donors (Lipinski definition) is 2. The fourth-order valence-electron chi connectivity index (χ4n) is 3.39. The number of rotatable bonds is 8. The SMILES string of the molecule is COc1ccc(Oc2cc(NC(=O)c3cc4cc(OC)cc(OC)c4[nH]3)ccc2OC)cc1. The Kier molecular flexibility index (Phi) is 6.26. The van der Waals surface area contributed by atoms with Crippen LogP contribution in [0.15, 0.2) is 60.7 Å². The Bertz CT molecular complexity index is 1280. The van der Waals surface area contributed by atoms with Crippen LogP contribution in [0.3, 0.4) is 0 Å². The summed E-state index contributed by atoms with van der Waals surface area (Å²) in [5.41, 5.74) is 1.64. The van der Waals surface area contributed by atoms with Crippen molar-refractivity contribution in [2.75, 3.05) is 33.8 Å². The highest BCUT2D eigenvalue weighted by atomic mass is 16.5. The van der Waals surface area contributed by atoms with Crippen LogP contribution < -0.4 is 29.0 Å². The van der Waals surface area contributed by atoms with Crippen molar-refractivity contribution in [2.45, 2.75) is 0 Å². The highest BCUT2D eigenvalue weighted by Gasteiger charge is 2.15. The Hall–Kier alpha value is -4.33. The molecule has 0 aliphatic rings. The van der Waals surface area contributed by atoms with E-state index in [4.69, 9.17) is 23.7 Å². The Morgan fingerprint density at radius 3 is 2.06 bits per heavy atom. The number of amides is 1. The number of methoxy groups -OCH3 is 4. The van der Waals surface area contributed by atoms with E-state index >= 15 is 0 Å². The molecule has 8 nitrogen and oxygen atoms in total. The molecule has 4 rings (SSSR count). The average Bonchev–Trinajstić information content (AvgIpc) is 3.28. The average molecular weight is 448 g/mol. The third-order valence-corrected chi connectivity index (χ3v) is 5.07. The first-order chi connectivity index (χ1) is 16.0. The monoisotopic (exact) mass is 448 g/mol. The molecule has 0 spiro atoms. The summed E-state index contributed by atoms with van der Waals surface area (Å²) < 4.78 is 27.2. The van der Waals surface area contributed by atoms with Crippen LogP contribution >= 0.6 is 0 Å². The Labute approximate surface area is 191 Å². The lowest BCUT2D eigenvalue weighted by molar-refractivity contribution is 0.102. The Morgan fingerprint density at radius 2 is 1.39 bits per heavy atom. The van der Waals surface area contributed by atoms with Crippen molar-refractivity contribution in [1.82, 2.24) is 4.98 Å². The molecule has 0 radical (unpaired) electrons. The third kappa shape index (κ3) is 4.64. The standard InChI is InChI=1S/C25H24N2O6/c1-29-17-6-8-18(9-7-17)33-22-13-16(5-10-21(22)31-3)26-25(28)20-12-15-11-19(30-2)14-23(32-4)24(15)27-20/h5-14,27H,1-4H3,(H,26,28). The van der Waals surface area contributed by atoms with E-state index < -0.39 is 0 Å². The van der Waals surface area contributed by atoms with Gasteiger partial charge < -0.3 is 34.0 Å². The first-order valence-electron chi connectivity index (χ1n) is 10.1. The van der Waals surface area contributed by atoms with Crippen molar-refractivity contribution in [2.24, 2.45) is 0 Å². The second kappa shape index (κ2) is 9.44. The van der Waals surface area contributed by atoms with Crippen LogP contribution in [0.1, 0.15) is 10.5 Å². The van der Waals surface area contributed by atoms with Gasteiger partial charge >= 0.3 is 0 Å². The summed E-state index contributed by atoms with van der Waals surface area (Å²) in [7, 11) is 6.30. The maximum absolute atomic E-state index is 12.9. The first kappa shape index (κ1) is 21.9. The molecule has 0 bridgehead atoms. The third-order valence-electron chi connectivity index (χ3n) is 5.07. The van der Waals surface area contributed by atoms with Crippen molar-refractivity contribution in [3.8, 4) is 34.5 Å². The van der Waals surface area contributed by atoms with Crippen LogP contribution in [0.4, 0.5) is 5.69 Å². The molecular weight excluding hydrogens is 424 g/mol. The summed E-state index contributed by atoms with van der Waals surface area (Å²) in [5.74, 6) is 3.24. The number of anilines is 1. The van der Waals surface area contributed by atoms with Gasteiger partial charge in [0.05, 0.1) is 34.0 Å². The van der Waals surface area contributed by atoms with Crippen LogP contribution in [0.25, 0.3) is 10.9 Å². The number of fused-ring (bicyclic) bond motifs is 1. The number of ether oxygens (including phenoxy) is 5. The van der Waals surface area contributed by atoms with Gasteiger partial charge in [-0.05, 0) is 48.5 Å². The topological polar surface area (TPSA) is 91.0 Å². The van der Waals surface area contributed by atoms with Gasteiger partial charge in [0.15, 0.2) is 11.5 Å². The van der Waals surface area contributed by atoms with Gasteiger partial charge in [0.1, 0.15) is 28.7 Å². The zero-order chi connectivity index (χ0) is 23.4. The van der Waals surface area contributed by atoms with Gasteiger partial charge in [-0.25, -0.2) is 0 Å². The lowest BCUT2D eigenvalue weighted by atomic mass is 10.2. The van der Waals surface area contributed by atoms with Gasteiger partial charge in [-0.1, -0.05) is 0 Å². The maximum atomic E-state index is 12.9. The van der Waals surface area contributed by atoms with Gasteiger partial charge in [0.2, 0.25) is 0 Å². The highest BCUT2D eigenvalue weighted by molar-refractivity contribution is 6.06. The molecule has 0 fully saturated rings. The predicted molar refractivity (Wildman–Crippen MR) is 125 cm³/mol. The molecule has 2 N–H and O–H groups in total. The quantitative estimate of drug-likeness (QED) is 0.383. The van der Waals surface area contributed by atoms with E-state index in [-0.39, 0.29) is 5.91 Å². The zero-order valence-electron chi connectivity index (χ0n) is 18.7. The number of hydrogen-bond acceptors (Lipinski definition) is 6. The van der Waals surface area contributed by atoms with Crippen molar-refractivity contribution < 1.29 is 28.5 Å². The molecule has 0 saturated heterocycles. The fraction of sp³-hybridized carbons (Fsp3) is 0.160. The number of H-pyrrole nitrogens is 1. The number of carbonyl (C=O) groups is 1. The first-order valence-corrected chi connectivity index (χ1v) is 10.1. The van der Waals surface area contributed by atoms with Gasteiger partial charge in [0, 0.05) is 23.2 Å². The van der Waals surface area contributed by atoms with Crippen molar-refractivity contribution >= 4 is 22.5 Å². The van der Waals surface area contributed by atoms with E-state index in [1.807, 2.05) is 6.07 Å². The predicted octanol–water partition coefficient (Wildman–Crippen LogP) is 5.25. The summed E-state index contributed by atoms with van der Waals surface area (Å²) in [6.07, 6.45) is 0. The van der Waals surface area contributed by atoms with Gasteiger partial charge in [-0.2, -0.15) is 0 Å². The van der Waals surface area contributed by atoms with E-state index in [9.17, 15) is 4.79 Å². The number of aromatic amines is 1. The summed E-state index contributed by atoms with van der Waals surface area (Å²) in [6, 6.07) is 17.7. The highest BCUT2D eigenvalue weighted by Crippen LogP contribution is 2.35. The van der Waals surface area contributed by atoms with Crippen molar-refractivity contribution in [3.63, 3.8) is 0 Å². The lowest BCUT2D eigenvalue weighted by Crippen LogP contribution is -2.12. The second-order valence-electron chi connectivity index (χ2n) is 7.07. The molecule has 0 aliphatic heterocycles. The van der Waals surface area contributed by atoms with E-state index in [2.05, 4.69) is 10.3 Å². The van der Waals surface area contributed by atoms with E-state index in [1.54, 1.807) is 83.0 Å². The molecule has 33 heavy (non-hydrogen) atoms.